The van der Waals surface area contributed by atoms with Crippen molar-refractivity contribution in [2.24, 2.45) is 0 Å². The quantitative estimate of drug-likeness (QED) is 0.770. The maximum Gasteiger partial charge on any atom is 0.142 e. The van der Waals surface area contributed by atoms with E-state index in [0.717, 1.165) is 18.5 Å². The molecule has 0 spiro atoms. The van der Waals surface area contributed by atoms with Crippen LogP contribution in [0.3, 0.4) is 0 Å². The highest BCUT2D eigenvalue weighted by Gasteiger charge is 2.18. The summed E-state index contributed by atoms with van der Waals surface area (Å²) in [6.45, 7) is 1.02. The van der Waals surface area contributed by atoms with Crippen molar-refractivity contribution in [2.45, 2.75) is 12.5 Å². The Morgan fingerprint density at radius 1 is 1.46 bits per heavy atom. The van der Waals surface area contributed by atoms with Crippen LogP contribution in [0.4, 0.5) is 4.39 Å². The molecule has 0 bridgehead atoms. The van der Waals surface area contributed by atoms with Crippen molar-refractivity contribution in [2.75, 3.05) is 6.54 Å². The first kappa shape index (κ1) is 10.8. The van der Waals surface area contributed by atoms with Crippen LogP contribution in [0.5, 0.6) is 0 Å². The van der Waals surface area contributed by atoms with Gasteiger partial charge in [0.05, 0.1) is 5.02 Å². The molecule has 1 heterocycles. The Kier molecular flexibility index (Phi) is 3.54. The van der Waals surface area contributed by atoms with Crippen molar-refractivity contribution in [1.29, 1.82) is 0 Å². The van der Waals surface area contributed by atoms with E-state index in [2.05, 4.69) is 5.32 Å². The minimum absolute atomic E-state index is 0. The number of hydrogen-bond acceptors (Lipinski definition) is 1. The second-order valence-electron chi connectivity index (χ2n) is 2.97. The molecular weight excluding hydrogens is 212 g/mol. The molecule has 72 valence electrons. The normalized spacial score (nSPS) is 20.3. The van der Waals surface area contributed by atoms with Crippen LogP contribution in [-0.2, 0) is 0 Å². The lowest BCUT2D eigenvalue weighted by Gasteiger charge is -2.28. The first-order valence-corrected chi connectivity index (χ1v) is 4.33. The molecule has 0 amide bonds. The molecule has 1 aromatic rings. The number of halogens is 3. The Morgan fingerprint density at radius 3 is 2.62 bits per heavy atom. The maximum absolute atomic E-state index is 12.9. The molecule has 1 fully saturated rings. The number of nitrogens with one attached hydrogen (secondary N) is 1. The number of benzene rings is 1. The molecule has 0 aliphatic carbocycles. The van der Waals surface area contributed by atoms with Crippen LogP contribution in [0.15, 0.2) is 18.2 Å². The Bertz CT molecular complexity index is 300. The summed E-state index contributed by atoms with van der Waals surface area (Å²) in [6, 6.07) is 5.30. The van der Waals surface area contributed by atoms with Gasteiger partial charge in [-0.3, -0.25) is 0 Å². The van der Waals surface area contributed by atoms with Gasteiger partial charge in [-0.2, -0.15) is 0 Å². The van der Waals surface area contributed by atoms with Crippen LogP contribution in [0.1, 0.15) is 18.0 Å². The summed E-state index contributed by atoms with van der Waals surface area (Å²) in [5.41, 5.74) is 0.989. The molecule has 1 aliphatic heterocycles. The predicted molar refractivity (Wildman–Crippen MR) is 54.0 cm³/mol. The molecule has 1 atom stereocenters. The molecule has 0 saturated carbocycles. The number of hydrogen-bond donors (Lipinski definition) is 1. The highest BCUT2D eigenvalue weighted by atomic mass is 35.5. The van der Waals surface area contributed by atoms with Gasteiger partial charge in [0.15, 0.2) is 0 Å². The summed E-state index contributed by atoms with van der Waals surface area (Å²) in [5, 5.41) is 3.39. The third-order valence-electron chi connectivity index (χ3n) is 2.17. The van der Waals surface area contributed by atoms with Gasteiger partial charge < -0.3 is 5.32 Å². The molecule has 4 heteroatoms. The van der Waals surface area contributed by atoms with Crippen LogP contribution in [0, 0.1) is 5.82 Å². The molecule has 0 aromatic heterocycles. The maximum atomic E-state index is 12.9. The third kappa shape index (κ3) is 2.13. The average molecular weight is 222 g/mol. The molecule has 0 unspecified atom stereocenters. The zero-order chi connectivity index (χ0) is 8.55. The van der Waals surface area contributed by atoms with Gasteiger partial charge >= 0.3 is 0 Å². The summed E-state index contributed by atoms with van der Waals surface area (Å²) < 4.78 is 12.9. The highest BCUT2D eigenvalue weighted by molar-refractivity contribution is 6.30. The van der Waals surface area contributed by atoms with Gasteiger partial charge in [0.1, 0.15) is 5.82 Å². The fourth-order valence-electron chi connectivity index (χ4n) is 1.30. The van der Waals surface area contributed by atoms with Gasteiger partial charge in [0.2, 0.25) is 0 Å². The standard InChI is InChI=1S/C9H9ClFN.ClH/c10-7-2-1-6(5-8(7)11)9-3-4-12-9;/h1-2,5,9,12H,3-4H2;1H/t9-;/m1./s1. The Labute approximate surface area is 87.7 Å². The Morgan fingerprint density at radius 2 is 2.15 bits per heavy atom. The van der Waals surface area contributed by atoms with Crippen LogP contribution in [0.25, 0.3) is 0 Å². The van der Waals surface area contributed by atoms with Gasteiger partial charge in [0.25, 0.3) is 0 Å². The van der Waals surface area contributed by atoms with Gasteiger partial charge in [-0.25, -0.2) is 4.39 Å². The number of rotatable bonds is 1. The van der Waals surface area contributed by atoms with E-state index in [1.807, 2.05) is 6.07 Å². The summed E-state index contributed by atoms with van der Waals surface area (Å²) in [5.74, 6) is -0.331. The van der Waals surface area contributed by atoms with E-state index in [1.54, 1.807) is 6.07 Å². The molecule has 13 heavy (non-hydrogen) atoms. The monoisotopic (exact) mass is 221 g/mol. The van der Waals surface area contributed by atoms with Crippen LogP contribution < -0.4 is 5.32 Å². The lowest BCUT2D eigenvalue weighted by Crippen LogP contribution is -2.34. The minimum atomic E-state index is -0.331. The molecule has 1 N–H and O–H groups in total. The highest BCUT2D eigenvalue weighted by Crippen LogP contribution is 2.25. The van der Waals surface area contributed by atoms with Crippen LogP contribution >= 0.6 is 24.0 Å². The molecule has 2 rings (SSSR count). The summed E-state index contributed by atoms with van der Waals surface area (Å²) in [7, 11) is 0. The zero-order valence-corrected chi connectivity index (χ0v) is 8.46. The van der Waals surface area contributed by atoms with Crippen LogP contribution in [0.2, 0.25) is 5.02 Å². The van der Waals surface area contributed by atoms with E-state index in [4.69, 9.17) is 11.6 Å². The van der Waals surface area contributed by atoms with Crippen molar-refractivity contribution in [3.05, 3.63) is 34.6 Å². The fourth-order valence-corrected chi connectivity index (χ4v) is 1.42. The SMILES string of the molecule is Cl.Fc1cc([C@H]2CCN2)ccc1Cl. The van der Waals surface area contributed by atoms with Gasteiger partial charge in [-0.1, -0.05) is 17.7 Å². The minimum Gasteiger partial charge on any atom is -0.310 e. The molecule has 1 nitrogen and oxygen atoms in total. The Balaban J connectivity index is 0.000000845. The van der Waals surface area contributed by atoms with Crippen LogP contribution in [-0.4, -0.2) is 6.54 Å². The first-order valence-electron chi connectivity index (χ1n) is 3.96. The lowest BCUT2D eigenvalue weighted by molar-refractivity contribution is 0.382. The average Bonchev–Trinajstić information content (AvgIpc) is 1.93. The van der Waals surface area contributed by atoms with E-state index in [-0.39, 0.29) is 23.2 Å². The predicted octanol–water partition coefficient (Wildman–Crippen LogP) is 2.94. The third-order valence-corrected chi connectivity index (χ3v) is 2.48. The summed E-state index contributed by atoms with van der Waals surface area (Å²) in [4.78, 5) is 0. The lowest BCUT2D eigenvalue weighted by atomic mass is 9.98. The van der Waals surface area contributed by atoms with Crippen molar-refractivity contribution in [3.8, 4) is 0 Å². The van der Waals surface area contributed by atoms with E-state index >= 15 is 0 Å². The van der Waals surface area contributed by atoms with E-state index in [1.165, 1.54) is 6.07 Å². The molecular formula is C9H10Cl2FN. The largest absolute Gasteiger partial charge is 0.310 e. The van der Waals surface area contributed by atoms with Crippen molar-refractivity contribution < 1.29 is 4.39 Å². The summed E-state index contributed by atoms with van der Waals surface area (Å²) in [6.07, 6.45) is 1.08. The van der Waals surface area contributed by atoms with Crippen molar-refractivity contribution >= 4 is 24.0 Å². The topological polar surface area (TPSA) is 12.0 Å². The van der Waals surface area contributed by atoms with E-state index in [9.17, 15) is 4.39 Å². The van der Waals surface area contributed by atoms with E-state index in [0.29, 0.717) is 6.04 Å². The van der Waals surface area contributed by atoms with Gasteiger partial charge in [0, 0.05) is 6.04 Å². The second kappa shape index (κ2) is 4.27. The van der Waals surface area contributed by atoms with Gasteiger partial charge in [-0.05, 0) is 30.7 Å². The second-order valence-corrected chi connectivity index (χ2v) is 3.38. The molecule has 1 aliphatic rings. The van der Waals surface area contributed by atoms with Crippen molar-refractivity contribution in [1.82, 2.24) is 5.32 Å². The molecule has 0 radical (unpaired) electrons. The van der Waals surface area contributed by atoms with Gasteiger partial charge in [-0.15, -0.1) is 12.4 Å². The fraction of sp³-hybridized carbons (Fsp3) is 0.333. The smallest absolute Gasteiger partial charge is 0.142 e. The molecule has 1 aromatic carbocycles. The summed E-state index contributed by atoms with van der Waals surface area (Å²) >= 11 is 5.55. The Hall–Kier alpha value is -0.310. The zero-order valence-electron chi connectivity index (χ0n) is 6.89. The first-order chi connectivity index (χ1) is 5.77. The molecule has 1 saturated heterocycles. The van der Waals surface area contributed by atoms with Crippen molar-refractivity contribution in [3.63, 3.8) is 0 Å². The van der Waals surface area contributed by atoms with E-state index < -0.39 is 0 Å².